The molecule has 0 radical (unpaired) electrons. The number of benzene rings is 1. The van der Waals surface area contributed by atoms with Crippen molar-refractivity contribution in [3.63, 3.8) is 0 Å². The molecule has 9 heteroatoms. The summed E-state index contributed by atoms with van der Waals surface area (Å²) in [6.45, 7) is 4.01. The first kappa shape index (κ1) is 20.3. The number of sulfonamides is 1. The second-order valence-electron chi connectivity index (χ2n) is 7.22. The fraction of sp³-hybridized carbons (Fsp3) is 0.474. The van der Waals surface area contributed by atoms with Gasteiger partial charge >= 0.3 is 11.9 Å². The Hall–Kier alpha value is -2.39. The van der Waals surface area contributed by atoms with Gasteiger partial charge in [-0.1, -0.05) is 12.8 Å². The fourth-order valence-electron chi connectivity index (χ4n) is 3.09. The average molecular weight is 408 g/mol. The first-order valence-electron chi connectivity index (χ1n) is 9.23. The van der Waals surface area contributed by atoms with E-state index in [1.54, 1.807) is 12.1 Å². The number of rotatable bonds is 4. The Morgan fingerprint density at radius 1 is 0.964 bits per heavy atom. The highest BCUT2D eigenvalue weighted by molar-refractivity contribution is 7.89. The maximum Gasteiger partial charge on any atom is 0.350 e. The Kier molecular flexibility index (Phi) is 5.76. The summed E-state index contributed by atoms with van der Waals surface area (Å²) in [5, 5.41) is 2.80. The second kappa shape index (κ2) is 7.92. The smallest absolute Gasteiger partial charge is 0.350 e. The molecule has 0 bridgehead atoms. The minimum Gasteiger partial charge on any atom is -0.419 e. The molecule has 152 valence electrons. The minimum absolute atomic E-state index is 0.214. The molecule has 2 aliphatic rings. The number of carbonyl (C=O) groups is 2. The van der Waals surface area contributed by atoms with E-state index < -0.39 is 27.7 Å². The van der Waals surface area contributed by atoms with Gasteiger partial charge in [0.05, 0.1) is 4.90 Å². The van der Waals surface area contributed by atoms with Gasteiger partial charge < -0.3 is 14.8 Å². The van der Waals surface area contributed by atoms with Gasteiger partial charge in [0.25, 0.3) is 5.79 Å². The Labute approximate surface area is 164 Å². The van der Waals surface area contributed by atoms with E-state index in [1.807, 2.05) is 0 Å². The number of nitrogens with zero attached hydrogens (tertiary/aromatic N) is 1. The summed E-state index contributed by atoms with van der Waals surface area (Å²) in [7, 11) is -3.53. The standard InChI is InChI=1S/C19H24N2O6S/c1-19(2)26-17(22)16(18(23)27-19)13-20-14-7-9-15(10-8-14)28(24,25)21-11-5-3-4-6-12-21/h7-10,13,20H,3-6,11-12H2,1-2H3. The fourth-order valence-corrected chi connectivity index (χ4v) is 4.61. The van der Waals surface area contributed by atoms with Crippen molar-refractivity contribution in [2.45, 2.75) is 50.2 Å². The van der Waals surface area contributed by atoms with Gasteiger partial charge in [0, 0.05) is 38.8 Å². The van der Waals surface area contributed by atoms with Crippen LogP contribution in [-0.4, -0.2) is 43.5 Å². The lowest BCUT2D eigenvalue weighted by atomic mass is 10.2. The predicted molar refractivity (Wildman–Crippen MR) is 102 cm³/mol. The molecule has 28 heavy (non-hydrogen) atoms. The van der Waals surface area contributed by atoms with Crippen molar-refractivity contribution < 1.29 is 27.5 Å². The number of carbonyl (C=O) groups excluding carboxylic acids is 2. The molecule has 2 saturated heterocycles. The van der Waals surface area contributed by atoms with Crippen LogP contribution in [0.5, 0.6) is 0 Å². The normalized spacial score (nSPS) is 20.7. The van der Waals surface area contributed by atoms with Gasteiger partial charge in [-0.2, -0.15) is 4.31 Å². The van der Waals surface area contributed by atoms with Crippen molar-refractivity contribution in [3.05, 3.63) is 36.0 Å². The van der Waals surface area contributed by atoms with Crippen molar-refractivity contribution in [3.8, 4) is 0 Å². The molecule has 0 atom stereocenters. The van der Waals surface area contributed by atoms with Gasteiger partial charge in [0.1, 0.15) is 0 Å². The molecule has 2 fully saturated rings. The van der Waals surface area contributed by atoms with E-state index in [4.69, 9.17) is 9.47 Å². The van der Waals surface area contributed by atoms with E-state index in [0.717, 1.165) is 25.7 Å². The third kappa shape index (κ3) is 4.53. The minimum atomic E-state index is -3.53. The molecule has 0 spiro atoms. The Balaban J connectivity index is 1.71. The van der Waals surface area contributed by atoms with Crippen molar-refractivity contribution in [1.29, 1.82) is 0 Å². The number of nitrogens with one attached hydrogen (secondary N) is 1. The Morgan fingerprint density at radius 3 is 2.04 bits per heavy atom. The van der Waals surface area contributed by atoms with Gasteiger partial charge in [-0.15, -0.1) is 0 Å². The largest absolute Gasteiger partial charge is 0.419 e. The number of anilines is 1. The lowest BCUT2D eigenvalue weighted by Gasteiger charge is -2.29. The topological polar surface area (TPSA) is 102 Å². The zero-order valence-electron chi connectivity index (χ0n) is 15.9. The first-order valence-corrected chi connectivity index (χ1v) is 10.7. The number of cyclic esters (lactones) is 2. The third-order valence-corrected chi connectivity index (χ3v) is 6.47. The van der Waals surface area contributed by atoms with Crippen molar-refractivity contribution >= 4 is 27.6 Å². The average Bonchev–Trinajstić information content (AvgIpc) is 2.90. The summed E-state index contributed by atoms with van der Waals surface area (Å²) < 4.78 is 37.1. The molecule has 2 aliphatic heterocycles. The van der Waals surface area contributed by atoms with Crippen LogP contribution in [0.3, 0.4) is 0 Å². The number of esters is 2. The highest BCUT2D eigenvalue weighted by atomic mass is 32.2. The van der Waals surface area contributed by atoms with E-state index in [-0.39, 0.29) is 10.5 Å². The highest BCUT2D eigenvalue weighted by Gasteiger charge is 2.39. The molecular weight excluding hydrogens is 384 g/mol. The molecular formula is C19H24N2O6S. The Bertz CT molecular complexity index is 860. The maximum atomic E-state index is 12.8. The summed E-state index contributed by atoms with van der Waals surface area (Å²) in [4.78, 5) is 24.0. The lowest BCUT2D eigenvalue weighted by molar-refractivity contribution is -0.222. The van der Waals surface area contributed by atoms with Gasteiger partial charge in [0.15, 0.2) is 5.57 Å². The third-order valence-electron chi connectivity index (χ3n) is 4.56. The second-order valence-corrected chi connectivity index (χ2v) is 9.16. The molecule has 0 unspecified atom stereocenters. The molecule has 0 amide bonds. The van der Waals surface area contributed by atoms with E-state index in [1.165, 1.54) is 36.5 Å². The summed E-state index contributed by atoms with van der Waals surface area (Å²) in [6, 6.07) is 6.15. The van der Waals surface area contributed by atoms with E-state index in [2.05, 4.69) is 5.32 Å². The highest BCUT2D eigenvalue weighted by Crippen LogP contribution is 2.24. The van der Waals surface area contributed by atoms with Crippen molar-refractivity contribution in [1.82, 2.24) is 4.31 Å². The van der Waals surface area contributed by atoms with E-state index >= 15 is 0 Å². The maximum absolute atomic E-state index is 12.8. The monoisotopic (exact) mass is 408 g/mol. The quantitative estimate of drug-likeness (QED) is 0.464. The summed E-state index contributed by atoms with van der Waals surface area (Å²) >= 11 is 0. The molecule has 0 saturated carbocycles. The van der Waals surface area contributed by atoms with Crippen LogP contribution in [0.1, 0.15) is 39.5 Å². The molecule has 1 N–H and O–H groups in total. The number of hydrogen-bond acceptors (Lipinski definition) is 7. The van der Waals surface area contributed by atoms with Crippen LogP contribution in [0.2, 0.25) is 0 Å². The predicted octanol–water partition coefficient (Wildman–Crippen LogP) is 2.38. The van der Waals surface area contributed by atoms with Crippen LogP contribution >= 0.6 is 0 Å². The molecule has 3 rings (SSSR count). The van der Waals surface area contributed by atoms with Gasteiger partial charge in [0.2, 0.25) is 10.0 Å². The van der Waals surface area contributed by atoms with Gasteiger partial charge in [-0.25, -0.2) is 18.0 Å². The van der Waals surface area contributed by atoms with Crippen LogP contribution < -0.4 is 5.32 Å². The number of ether oxygens (including phenoxy) is 2. The van der Waals surface area contributed by atoms with E-state index in [0.29, 0.717) is 18.8 Å². The van der Waals surface area contributed by atoms with Crippen molar-refractivity contribution in [2.24, 2.45) is 0 Å². The van der Waals surface area contributed by atoms with Gasteiger partial charge in [-0.05, 0) is 37.1 Å². The van der Waals surface area contributed by atoms with E-state index in [9.17, 15) is 18.0 Å². The summed E-state index contributed by atoms with van der Waals surface area (Å²) in [5.74, 6) is -2.86. The van der Waals surface area contributed by atoms with Crippen molar-refractivity contribution in [2.75, 3.05) is 18.4 Å². The van der Waals surface area contributed by atoms with Crippen LogP contribution in [0.15, 0.2) is 40.9 Å². The van der Waals surface area contributed by atoms with Crippen LogP contribution in [-0.2, 0) is 29.1 Å². The van der Waals surface area contributed by atoms with Crippen LogP contribution in [0, 0.1) is 0 Å². The molecule has 8 nitrogen and oxygen atoms in total. The molecule has 0 aromatic heterocycles. The lowest BCUT2D eigenvalue weighted by Crippen LogP contribution is -2.42. The molecule has 2 heterocycles. The van der Waals surface area contributed by atoms with Crippen LogP contribution in [0.4, 0.5) is 5.69 Å². The summed E-state index contributed by atoms with van der Waals surface area (Å²) in [5.41, 5.74) is 0.258. The SMILES string of the molecule is CC1(C)OC(=O)C(=CNc2ccc(S(=O)(=O)N3CCCCCC3)cc2)C(=O)O1. The zero-order valence-corrected chi connectivity index (χ0v) is 16.8. The Morgan fingerprint density at radius 2 is 1.50 bits per heavy atom. The molecule has 1 aromatic rings. The summed E-state index contributed by atoms with van der Waals surface area (Å²) in [6.07, 6.45) is 5.03. The van der Waals surface area contributed by atoms with Gasteiger partial charge in [-0.3, -0.25) is 0 Å². The molecule has 1 aromatic carbocycles. The number of hydrogen-bond donors (Lipinski definition) is 1. The van der Waals surface area contributed by atoms with Crippen LogP contribution in [0.25, 0.3) is 0 Å². The zero-order chi connectivity index (χ0) is 20.4. The first-order chi connectivity index (χ1) is 13.2. The molecule has 0 aliphatic carbocycles.